The lowest BCUT2D eigenvalue weighted by Gasteiger charge is -2.30. The number of piperidine rings is 1. The number of carbonyl (C=O) groups excluding carboxylic acids is 1. The number of benzene rings is 2. The van der Waals surface area contributed by atoms with Crippen LogP contribution < -0.4 is 5.32 Å². The Kier molecular flexibility index (Phi) is 6.11. The summed E-state index contributed by atoms with van der Waals surface area (Å²) in [5.74, 6) is 1.04. The quantitative estimate of drug-likeness (QED) is 0.626. The molecule has 1 fully saturated rings. The Balaban J connectivity index is 1.39. The van der Waals surface area contributed by atoms with Crippen LogP contribution in [-0.4, -0.2) is 38.2 Å². The molecular formula is C23H27N5OS. The summed E-state index contributed by atoms with van der Waals surface area (Å²) in [5, 5.41) is 7.82. The number of nitrogens with zero attached hydrogens (tertiary/aromatic N) is 4. The maximum Gasteiger partial charge on any atom is 0.227 e. The summed E-state index contributed by atoms with van der Waals surface area (Å²) < 4.78 is 4.57. The molecule has 1 aliphatic heterocycles. The molecule has 0 aliphatic carbocycles. The van der Waals surface area contributed by atoms with E-state index in [1.165, 1.54) is 5.56 Å². The van der Waals surface area contributed by atoms with Crippen LogP contribution in [0, 0.1) is 17.6 Å². The summed E-state index contributed by atoms with van der Waals surface area (Å²) in [6, 6.07) is 17.9. The second-order valence-corrected chi connectivity index (χ2v) is 8.23. The van der Waals surface area contributed by atoms with Crippen molar-refractivity contribution in [1.82, 2.24) is 19.2 Å². The van der Waals surface area contributed by atoms with Crippen molar-refractivity contribution in [1.29, 1.82) is 0 Å². The number of anilines is 1. The number of aromatic nitrogens is 3. The average molecular weight is 422 g/mol. The highest BCUT2D eigenvalue weighted by Crippen LogP contribution is 2.23. The summed E-state index contributed by atoms with van der Waals surface area (Å²) in [6.45, 7) is 4.43. The Bertz CT molecular complexity index is 1080. The third-order valence-electron chi connectivity index (χ3n) is 5.76. The van der Waals surface area contributed by atoms with Gasteiger partial charge in [-0.1, -0.05) is 42.5 Å². The van der Waals surface area contributed by atoms with Crippen molar-refractivity contribution in [2.75, 3.05) is 18.4 Å². The molecule has 2 heterocycles. The highest BCUT2D eigenvalue weighted by Gasteiger charge is 2.25. The molecule has 7 heteroatoms. The summed E-state index contributed by atoms with van der Waals surface area (Å²) in [6.07, 6.45) is 1.67. The first kappa shape index (κ1) is 20.5. The van der Waals surface area contributed by atoms with Crippen LogP contribution in [0.25, 0.3) is 11.4 Å². The topological polar surface area (TPSA) is 55.1 Å². The van der Waals surface area contributed by atoms with Gasteiger partial charge in [-0.3, -0.25) is 9.69 Å². The van der Waals surface area contributed by atoms with E-state index in [0.717, 1.165) is 43.0 Å². The second-order valence-electron chi connectivity index (χ2n) is 7.87. The fourth-order valence-electron chi connectivity index (χ4n) is 3.93. The van der Waals surface area contributed by atoms with Gasteiger partial charge in [-0.15, -0.1) is 0 Å². The maximum absolute atomic E-state index is 12.6. The molecular weight excluding hydrogens is 394 g/mol. The largest absolute Gasteiger partial charge is 0.326 e. The molecule has 1 aliphatic rings. The Morgan fingerprint density at radius 1 is 1.10 bits per heavy atom. The Labute approximate surface area is 182 Å². The van der Waals surface area contributed by atoms with Gasteiger partial charge in [0.05, 0.1) is 6.67 Å². The van der Waals surface area contributed by atoms with Crippen molar-refractivity contribution < 1.29 is 4.79 Å². The molecule has 0 radical (unpaired) electrons. The van der Waals surface area contributed by atoms with Gasteiger partial charge in [-0.25, -0.2) is 4.68 Å². The highest BCUT2D eigenvalue weighted by atomic mass is 32.1. The Hall–Kier alpha value is -2.77. The van der Waals surface area contributed by atoms with Crippen molar-refractivity contribution in [3.63, 3.8) is 0 Å². The van der Waals surface area contributed by atoms with Crippen molar-refractivity contribution in [3.05, 3.63) is 64.9 Å². The van der Waals surface area contributed by atoms with Gasteiger partial charge < -0.3 is 9.88 Å². The highest BCUT2D eigenvalue weighted by molar-refractivity contribution is 7.71. The molecule has 0 saturated carbocycles. The van der Waals surface area contributed by atoms with Crippen LogP contribution in [-0.2, 0) is 18.5 Å². The zero-order valence-electron chi connectivity index (χ0n) is 17.4. The lowest BCUT2D eigenvalue weighted by molar-refractivity contribution is -0.121. The van der Waals surface area contributed by atoms with Crippen LogP contribution in [0.5, 0.6) is 0 Å². The number of nitrogens with one attached hydrogen (secondary N) is 1. The molecule has 156 valence electrons. The number of amides is 1. The van der Waals surface area contributed by atoms with Crippen molar-refractivity contribution >= 4 is 23.8 Å². The zero-order chi connectivity index (χ0) is 21.1. The number of hydrogen-bond donors (Lipinski definition) is 1. The monoisotopic (exact) mass is 421 g/mol. The van der Waals surface area contributed by atoms with Crippen LogP contribution in [0.15, 0.2) is 54.6 Å². The molecule has 1 N–H and O–H groups in total. The summed E-state index contributed by atoms with van der Waals surface area (Å²) in [4.78, 5) is 14.9. The van der Waals surface area contributed by atoms with E-state index in [0.29, 0.717) is 11.4 Å². The first-order valence-corrected chi connectivity index (χ1v) is 10.7. The molecule has 1 saturated heterocycles. The molecule has 0 spiro atoms. The molecule has 0 bridgehead atoms. The van der Waals surface area contributed by atoms with Crippen LogP contribution in [0.4, 0.5) is 5.69 Å². The summed E-state index contributed by atoms with van der Waals surface area (Å²) in [7, 11) is 1.97. The first-order valence-electron chi connectivity index (χ1n) is 10.3. The van der Waals surface area contributed by atoms with E-state index in [9.17, 15) is 4.79 Å². The molecule has 3 aromatic rings. The minimum absolute atomic E-state index is 0.0423. The maximum atomic E-state index is 12.6. The van der Waals surface area contributed by atoms with Crippen LogP contribution >= 0.6 is 12.2 Å². The molecule has 0 atom stereocenters. The number of hydrogen-bond acceptors (Lipinski definition) is 4. The Morgan fingerprint density at radius 3 is 2.47 bits per heavy atom. The van der Waals surface area contributed by atoms with Crippen LogP contribution in [0.2, 0.25) is 0 Å². The van der Waals surface area contributed by atoms with Crippen molar-refractivity contribution in [3.8, 4) is 11.4 Å². The van der Waals surface area contributed by atoms with Crippen LogP contribution in [0.1, 0.15) is 18.4 Å². The van der Waals surface area contributed by atoms with Gasteiger partial charge in [0.2, 0.25) is 5.91 Å². The minimum atomic E-state index is 0.0423. The minimum Gasteiger partial charge on any atom is -0.326 e. The predicted octanol–water partition coefficient (Wildman–Crippen LogP) is 4.23. The first-order chi connectivity index (χ1) is 14.5. The van der Waals surface area contributed by atoms with Crippen LogP contribution in [0.3, 0.4) is 0 Å². The van der Waals surface area contributed by atoms with E-state index < -0.39 is 0 Å². The number of para-hydroxylation sites is 1. The molecule has 1 aromatic heterocycles. The predicted molar refractivity (Wildman–Crippen MR) is 122 cm³/mol. The lowest BCUT2D eigenvalue weighted by atomic mass is 9.96. The van der Waals surface area contributed by atoms with Gasteiger partial charge in [0, 0.05) is 37.3 Å². The molecule has 1 amide bonds. The second kappa shape index (κ2) is 8.93. The molecule has 30 heavy (non-hydrogen) atoms. The van der Waals surface area contributed by atoms with Gasteiger partial charge in [-0.2, -0.15) is 5.10 Å². The van der Waals surface area contributed by atoms with Gasteiger partial charge in [0.1, 0.15) is 0 Å². The molecule has 6 nitrogen and oxygen atoms in total. The van der Waals surface area contributed by atoms with E-state index in [1.54, 1.807) is 0 Å². The number of rotatable bonds is 5. The Morgan fingerprint density at radius 2 is 1.77 bits per heavy atom. The molecule has 4 rings (SSSR count). The third kappa shape index (κ3) is 4.37. The number of aryl methyl sites for hydroxylation is 1. The van der Waals surface area contributed by atoms with E-state index in [2.05, 4.69) is 29.3 Å². The lowest BCUT2D eigenvalue weighted by Crippen LogP contribution is -2.39. The molecule has 2 aromatic carbocycles. The van der Waals surface area contributed by atoms with Gasteiger partial charge in [0.15, 0.2) is 10.6 Å². The van der Waals surface area contributed by atoms with E-state index in [-0.39, 0.29) is 11.8 Å². The van der Waals surface area contributed by atoms with Gasteiger partial charge in [-0.05, 0) is 49.7 Å². The zero-order valence-corrected chi connectivity index (χ0v) is 18.2. The smallest absolute Gasteiger partial charge is 0.227 e. The standard InChI is InChI=1S/C23H27N5OS/c1-17-8-6-7-11-20(17)21-25-28(23(30)26(21)2)16-27-14-12-18(13-15-27)22(29)24-19-9-4-3-5-10-19/h3-11,18H,12-16H2,1-2H3,(H,24,29). The average Bonchev–Trinajstić information content (AvgIpc) is 3.03. The fourth-order valence-corrected chi connectivity index (χ4v) is 4.12. The molecule has 0 unspecified atom stereocenters. The third-order valence-corrected chi connectivity index (χ3v) is 6.25. The summed E-state index contributed by atoms with van der Waals surface area (Å²) >= 11 is 5.64. The van der Waals surface area contributed by atoms with E-state index >= 15 is 0 Å². The summed E-state index contributed by atoms with van der Waals surface area (Å²) in [5.41, 5.74) is 3.13. The van der Waals surface area contributed by atoms with E-state index in [1.807, 2.05) is 58.8 Å². The van der Waals surface area contributed by atoms with Gasteiger partial charge in [0.25, 0.3) is 0 Å². The normalized spacial score (nSPS) is 15.3. The fraction of sp³-hybridized carbons (Fsp3) is 0.348. The SMILES string of the molecule is Cc1ccccc1-c1nn(CN2CCC(C(=O)Nc3ccccc3)CC2)c(=S)n1C. The van der Waals surface area contributed by atoms with Gasteiger partial charge >= 0.3 is 0 Å². The number of carbonyl (C=O) groups is 1. The number of likely N-dealkylation sites (tertiary alicyclic amines) is 1. The van der Waals surface area contributed by atoms with Crippen molar-refractivity contribution in [2.24, 2.45) is 13.0 Å². The van der Waals surface area contributed by atoms with Crippen molar-refractivity contribution in [2.45, 2.75) is 26.4 Å². The van der Waals surface area contributed by atoms with E-state index in [4.69, 9.17) is 17.3 Å².